The van der Waals surface area contributed by atoms with Crippen molar-refractivity contribution in [1.29, 1.82) is 0 Å². The number of rotatable bonds is 3. The molecule has 1 N–H and O–H groups in total. The first kappa shape index (κ1) is 13.0. The average Bonchev–Trinajstić information content (AvgIpc) is 2.65. The third kappa shape index (κ3) is 2.51. The van der Waals surface area contributed by atoms with Crippen LogP contribution in [-0.4, -0.2) is 28.6 Å². The van der Waals surface area contributed by atoms with Crippen LogP contribution >= 0.6 is 0 Å². The van der Waals surface area contributed by atoms with Crippen LogP contribution in [0.4, 0.5) is 8.78 Å². The minimum Gasteiger partial charge on any atom is -0.480 e. The molecule has 0 bridgehead atoms. The Morgan fingerprint density at radius 1 is 1.44 bits per heavy atom. The van der Waals surface area contributed by atoms with Gasteiger partial charge in [-0.15, -0.1) is 0 Å². The first-order valence-corrected chi connectivity index (χ1v) is 5.90. The Labute approximate surface area is 104 Å². The number of aliphatic carboxylic acids is 1. The van der Waals surface area contributed by atoms with Gasteiger partial charge in [0.25, 0.3) is 0 Å². The van der Waals surface area contributed by atoms with Crippen molar-refractivity contribution in [3.05, 3.63) is 35.4 Å². The molecular weight excluding hydrogens is 240 g/mol. The highest BCUT2D eigenvalue weighted by Crippen LogP contribution is 2.26. The fraction of sp³-hybridized carbons (Fsp3) is 0.462. The normalized spacial score (nSPS) is 24.4. The molecule has 98 valence electrons. The Hall–Kier alpha value is -1.49. The van der Waals surface area contributed by atoms with Crippen molar-refractivity contribution in [2.75, 3.05) is 6.54 Å². The highest BCUT2D eigenvalue weighted by Gasteiger charge is 2.36. The van der Waals surface area contributed by atoms with Crippen molar-refractivity contribution in [1.82, 2.24) is 4.90 Å². The van der Waals surface area contributed by atoms with Crippen LogP contribution in [0.25, 0.3) is 0 Å². The molecule has 1 aliphatic heterocycles. The fourth-order valence-electron chi connectivity index (χ4n) is 2.48. The maximum atomic E-state index is 13.1. The molecule has 2 unspecified atom stereocenters. The maximum Gasteiger partial charge on any atom is 0.321 e. The Balaban J connectivity index is 2.13. The lowest BCUT2D eigenvalue weighted by Crippen LogP contribution is -2.38. The molecule has 0 aliphatic carbocycles. The lowest BCUT2D eigenvalue weighted by molar-refractivity contribution is -0.143. The van der Waals surface area contributed by atoms with Crippen molar-refractivity contribution in [2.45, 2.75) is 25.9 Å². The maximum absolute atomic E-state index is 13.1. The van der Waals surface area contributed by atoms with E-state index in [1.807, 2.05) is 6.92 Å². The zero-order chi connectivity index (χ0) is 13.3. The summed E-state index contributed by atoms with van der Waals surface area (Å²) in [6, 6.07) is 3.13. The molecule has 1 heterocycles. The largest absolute Gasteiger partial charge is 0.480 e. The predicted molar refractivity (Wildman–Crippen MR) is 62.0 cm³/mol. The third-order valence-corrected chi connectivity index (χ3v) is 3.43. The van der Waals surface area contributed by atoms with E-state index in [0.29, 0.717) is 18.7 Å². The van der Waals surface area contributed by atoms with E-state index in [4.69, 9.17) is 5.11 Å². The summed E-state index contributed by atoms with van der Waals surface area (Å²) >= 11 is 0. The molecular formula is C13H15F2NO2. The van der Waals surface area contributed by atoms with Gasteiger partial charge in [0.1, 0.15) is 6.04 Å². The van der Waals surface area contributed by atoms with Crippen LogP contribution < -0.4 is 0 Å². The van der Waals surface area contributed by atoms with Gasteiger partial charge in [-0.05, 0) is 36.6 Å². The molecule has 2 rings (SSSR count). The van der Waals surface area contributed by atoms with Crippen LogP contribution in [0.2, 0.25) is 0 Å². The molecule has 2 atom stereocenters. The number of hydrogen-bond donors (Lipinski definition) is 1. The monoisotopic (exact) mass is 255 g/mol. The number of hydrogen-bond acceptors (Lipinski definition) is 2. The Morgan fingerprint density at radius 3 is 2.78 bits per heavy atom. The van der Waals surface area contributed by atoms with Crippen molar-refractivity contribution >= 4 is 5.97 Å². The summed E-state index contributed by atoms with van der Waals surface area (Å²) < 4.78 is 25.9. The second-order valence-electron chi connectivity index (χ2n) is 4.77. The Morgan fingerprint density at radius 2 is 2.17 bits per heavy atom. The number of nitrogens with zero attached hydrogens (tertiary/aromatic N) is 1. The van der Waals surface area contributed by atoms with Gasteiger partial charge in [0.15, 0.2) is 11.6 Å². The fourth-order valence-corrected chi connectivity index (χ4v) is 2.48. The summed E-state index contributed by atoms with van der Waals surface area (Å²) in [7, 11) is 0. The summed E-state index contributed by atoms with van der Waals surface area (Å²) in [4.78, 5) is 12.9. The molecule has 0 radical (unpaired) electrons. The minimum atomic E-state index is -0.897. The topological polar surface area (TPSA) is 40.5 Å². The molecule has 1 saturated heterocycles. The van der Waals surface area contributed by atoms with Gasteiger partial charge in [0, 0.05) is 6.54 Å². The van der Waals surface area contributed by atoms with Crippen molar-refractivity contribution in [3.8, 4) is 0 Å². The smallest absolute Gasteiger partial charge is 0.321 e. The number of carboxylic acid groups (broad SMARTS) is 1. The zero-order valence-corrected chi connectivity index (χ0v) is 10.1. The van der Waals surface area contributed by atoms with Crippen LogP contribution in [0, 0.1) is 17.6 Å². The number of carbonyl (C=O) groups is 1. The zero-order valence-electron chi connectivity index (χ0n) is 10.1. The number of carboxylic acids is 1. The Bertz CT molecular complexity index is 464. The van der Waals surface area contributed by atoms with Gasteiger partial charge in [-0.1, -0.05) is 13.0 Å². The molecule has 0 amide bonds. The molecule has 0 spiro atoms. The van der Waals surface area contributed by atoms with Crippen LogP contribution in [0.3, 0.4) is 0 Å². The molecule has 1 aliphatic rings. The summed E-state index contributed by atoms with van der Waals surface area (Å²) in [6.07, 6.45) is 0.806. The van der Waals surface area contributed by atoms with E-state index in [9.17, 15) is 13.6 Å². The third-order valence-electron chi connectivity index (χ3n) is 3.43. The number of likely N-dealkylation sites (tertiary alicyclic amines) is 1. The van der Waals surface area contributed by atoms with Crippen molar-refractivity contribution in [3.63, 3.8) is 0 Å². The van der Waals surface area contributed by atoms with Crippen LogP contribution in [-0.2, 0) is 11.3 Å². The Kier molecular flexibility index (Phi) is 3.61. The molecule has 5 heteroatoms. The van der Waals surface area contributed by atoms with Gasteiger partial charge in [-0.3, -0.25) is 9.69 Å². The standard InChI is InChI=1S/C13H15F2NO2/c1-8-4-5-16(12(8)13(17)18)7-9-2-3-10(14)11(15)6-9/h2-3,6,8,12H,4-5,7H2,1H3,(H,17,18). The van der Waals surface area contributed by atoms with E-state index in [1.165, 1.54) is 6.07 Å². The van der Waals surface area contributed by atoms with Crippen molar-refractivity contribution < 1.29 is 18.7 Å². The highest BCUT2D eigenvalue weighted by molar-refractivity contribution is 5.74. The van der Waals surface area contributed by atoms with Crippen LogP contribution in [0.5, 0.6) is 0 Å². The van der Waals surface area contributed by atoms with E-state index in [1.54, 1.807) is 4.90 Å². The van der Waals surface area contributed by atoms with Gasteiger partial charge >= 0.3 is 5.97 Å². The van der Waals surface area contributed by atoms with E-state index >= 15 is 0 Å². The minimum absolute atomic E-state index is 0.0767. The van der Waals surface area contributed by atoms with Crippen LogP contribution in [0.1, 0.15) is 18.9 Å². The summed E-state index contributed by atoms with van der Waals surface area (Å²) in [5.74, 6) is -2.56. The SMILES string of the molecule is CC1CCN(Cc2ccc(F)c(F)c2)C1C(=O)O. The van der Waals surface area contributed by atoms with E-state index in [-0.39, 0.29) is 5.92 Å². The van der Waals surface area contributed by atoms with E-state index < -0.39 is 23.6 Å². The second kappa shape index (κ2) is 5.02. The molecule has 1 aromatic rings. The lowest BCUT2D eigenvalue weighted by atomic mass is 10.0. The van der Waals surface area contributed by atoms with Gasteiger partial charge in [0.05, 0.1) is 0 Å². The second-order valence-corrected chi connectivity index (χ2v) is 4.77. The lowest BCUT2D eigenvalue weighted by Gasteiger charge is -2.23. The molecule has 1 fully saturated rings. The highest BCUT2D eigenvalue weighted by atomic mass is 19.2. The van der Waals surface area contributed by atoms with Gasteiger partial charge in [-0.2, -0.15) is 0 Å². The van der Waals surface area contributed by atoms with Gasteiger partial charge in [0.2, 0.25) is 0 Å². The molecule has 0 saturated carbocycles. The van der Waals surface area contributed by atoms with Gasteiger partial charge < -0.3 is 5.11 Å². The number of benzene rings is 1. The summed E-state index contributed by atoms with van der Waals surface area (Å²) in [5.41, 5.74) is 0.592. The molecule has 18 heavy (non-hydrogen) atoms. The predicted octanol–water partition coefficient (Wildman–Crippen LogP) is 2.26. The first-order valence-electron chi connectivity index (χ1n) is 5.90. The van der Waals surface area contributed by atoms with Crippen LogP contribution in [0.15, 0.2) is 18.2 Å². The van der Waals surface area contributed by atoms with E-state index in [2.05, 4.69) is 0 Å². The molecule has 1 aromatic carbocycles. The van der Waals surface area contributed by atoms with Gasteiger partial charge in [-0.25, -0.2) is 8.78 Å². The first-order chi connectivity index (χ1) is 8.49. The molecule has 0 aromatic heterocycles. The molecule has 3 nitrogen and oxygen atoms in total. The quantitative estimate of drug-likeness (QED) is 0.900. The average molecular weight is 255 g/mol. The van der Waals surface area contributed by atoms with Crippen molar-refractivity contribution in [2.24, 2.45) is 5.92 Å². The van der Waals surface area contributed by atoms with E-state index in [0.717, 1.165) is 18.6 Å². The summed E-state index contributed by atoms with van der Waals surface area (Å²) in [5, 5.41) is 9.16. The number of halogens is 2. The summed E-state index contributed by atoms with van der Waals surface area (Å²) in [6.45, 7) is 2.89.